The molecule has 6 heteroatoms. The second-order valence-corrected chi connectivity index (χ2v) is 7.74. The van der Waals surface area contributed by atoms with Crippen LogP contribution in [0, 0.1) is 5.92 Å². The molecule has 4 rings (SSSR count). The van der Waals surface area contributed by atoms with Crippen LogP contribution in [0.1, 0.15) is 37.2 Å². The Bertz CT molecular complexity index is 589. The smallest absolute Gasteiger partial charge is 0.226 e. The first-order valence-electron chi connectivity index (χ1n) is 8.11. The van der Waals surface area contributed by atoms with Gasteiger partial charge in [0.15, 0.2) is 0 Å². The molecule has 4 unspecified atom stereocenters. The van der Waals surface area contributed by atoms with Crippen molar-refractivity contribution in [3.8, 4) is 0 Å². The van der Waals surface area contributed by atoms with Crippen LogP contribution in [0.4, 0.5) is 0 Å². The highest BCUT2D eigenvalue weighted by molar-refractivity contribution is 6.34. The summed E-state index contributed by atoms with van der Waals surface area (Å²) in [6.45, 7) is 1.77. The molecule has 1 N–H and O–H groups in total. The summed E-state index contributed by atoms with van der Waals surface area (Å²) in [5, 5.41) is 4.93. The number of amides is 1. The van der Waals surface area contributed by atoms with E-state index < -0.39 is 0 Å². The van der Waals surface area contributed by atoms with Crippen LogP contribution in [-0.2, 0) is 4.79 Å². The Morgan fingerprint density at radius 1 is 1.09 bits per heavy atom. The van der Waals surface area contributed by atoms with Gasteiger partial charge in [0.2, 0.25) is 5.91 Å². The summed E-state index contributed by atoms with van der Waals surface area (Å²) in [6, 6.07) is 6.73. The predicted octanol–water partition coefficient (Wildman–Crippen LogP) is 3.87. The van der Waals surface area contributed by atoms with E-state index in [2.05, 4.69) is 10.2 Å². The van der Waals surface area contributed by atoms with Crippen molar-refractivity contribution in [2.45, 2.75) is 43.7 Å². The van der Waals surface area contributed by atoms with Crippen molar-refractivity contribution < 1.29 is 4.79 Å². The molecule has 4 atom stereocenters. The van der Waals surface area contributed by atoms with E-state index in [4.69, 9.17) is 23.2 Å². The SMILES string of the molecule is Cl.O=C(C1CC1c1cc(Cl)cc(Cl)c1)N1CCC2CCC(C1)N2. The second-order valence-electron chi connectivity index (χ2n) is 6.86. The lowest BCUT2D eigenvalue weighted by molar-refractivity contribution is -0.132. The zero-order chi connectivity index (χ0) is 15.3. The van der Waals surface area contributed by atoms with Crippen molar-refractivity contribution >= 4 is 41.5 Å². The summed E-state index contributed by atoms with van der Waals surface area (Å²) < 4.78 is 0. The highest BCUT2D eigenvalue weighted by Crippen LogP contribution is 2.49. The van der Waals surface area contributed by atoms with Gasteiger partial charge in [-0.1, -0.05) is 23.2 Å². The average Bonchev–Trinajstić information content (AvgIpc) is 3.17. The van der Waals surface area contributed by atoms with Crippen molar-refractivity contribution in [2.24, 2.45) is 5.92 Å². The molecule has 3 nitrogen and oxygen atoms in total. The van der Waals surface area contributed by atoms with Crippen molar-refractivity contribution in [2.75, 3.05) is 13.1 Å². The van der Waals surface area contributed by atoms with Gasteiger partial charge >= 0.3 is 0 Å². The van der Waals surface area contributed by atoms with Gasteiger partial charge in [-0.2, -0.15) is 0 Å². The third-order valence-electron chi connectivity index (χ3n) is 5.26. The van der Waals surface area contributed by atoms with E-state index >= 15 is 0 Å². The second kappa shape index (κ2) is 6.79. The molecule has 0 aromatic heterocycles. The van der Waals surface area contributed by atoms with Crippen LogP contribution in [0.15, 0.2) is 18.2 Å². The average molecular weight is 376 g/mol. The molecule has 3 aliphatic rings. The van der Waals surface area contributed by atoms with Gasteiger partial charge in [0, 0.05) is 41.1 Å². The Hall–Kier alpha value is -0.480. The number of nitrogens with zero attached hydrogens (tertiary/aromatic N) is 1. The Morgan fingerprint density at radius 2 is 1.78 bits per heavy atom. The van der Waals surface area contributed by atoms with Gasteiger partial charge in [0.1, 0.15) is 0 Å². The molecular weight excluding hydrogens is 355 g/mol. The molecule has 0 radical (unpaired) electrons. The van der Waals surface area contributed by atoms with Gasteiger partial charge in [-0.25, -0.2) is 0 Å². The number of benzene rings is 1. The van der Waals surface area contributed by atoms with E-state index in [0.29, 0.717) is 28.0 Å². The fourth-order valence-electron chi connectivity index (χ4n) is 4.00. The maximum absolute atomic E-state index is 12.8. The molecule has 3 fully saturated rings. The number of hydrogen-bond acceptors (Lipinski definition) is 2. The van der Waals surface area contributed by atoms with Crippen LogP contribution < -0.4 is 5.32 Å². The van der Waals surface area contributed by atoms with Crippen molar-refractivity contribution in [3.05, 3.63) is 33.8 Å². The third-order valence-corrected chi connectivity index (χ3v) is 5.69. The van der Waals surface area contributed by atoms with E-state index in [9.17, 15) is 4.79 Å². The lowest BCUT2D eigenvalue weighted by Crippen LogP contribution is -2.40. The van der Waals surface area contributed by atoms with E-state index in [1.165, 1.54) is 12.8 Å². The fraction of sp³-hybridized carbons (Fsp3) is 0.588. The van der Waals surface area contributed by atoms with Crippen LogP contribution >= 0.6 is 35.6 Å². The van der Waals surface area contributed by atoms with E-state index in [0.717, 1.165) is 31.5 Å². The van der Waals surface area contributed by atoms with E-state index in [1.54, 1.807) is 6.07 Å². The molecule has 1 aromatic rings. The summed E-state index contributed by atoms with van der Waals surface area (Å²) in [5.41, 5.74) is 1.10. The Morgan fingerprint density at radius 3 is 2.52 bits per heavy atom. The molecule has 23 heavy (non-hydrogen) atoms. The van der Waals surface area contributed by atoms with Crippen molar-refractivity contribution in [1.82, 2.24) is 10.2 Å². The van der Waals surface area contributed by atoms with Crippen molar-refractivity contribution in [3.63, 3.8) is 0 Å². The Kier molecular flexibility index (Phi) is 5.12. The summed E-state index contributed by atoms with van der Waals surface area (Å²) in [5.74, 6) is 0.721. The van der Waals surface area contributed by atoms with E-state index in [1.807, 2.05) is 12.1 Å². The molecule has 2 aliphatic heterocycles. The number of rotatable bonds is 2. The van der Waals surface area contributed by atoms with Gasteiger partial charge in [0.25, 0.3) is 0 Å². The number of carbonyl (C=O) groups excluding carboxylic acids is 1. The molecule has 0 spiro atoms. The molecule has 2 saturated heterocycles. The van der Waals surface area contributed by atoms with E-state index in [-0.39, 0.29) is 24.2 Å². The number of fused-ring (bicyclic) bond motifs is 2. The van der Waals surface area contributed by atoms with Crippen LogP contribution in [0.25, 0.3) is 0 Å². The lowest BCUT2D eigenvalue weighted by Gasteiger charge is -2.24. The molecular formula is C17H21Cl3N2O. The van der Waals surface area contributed by atoms with Gasteiger partial charge in [-0.05, 0) is 55.4 Å². The topological polar surface area (TPSA) is 32.3 Å². The summed E-state index contributed by atoms with van der Waals surface area (Å²) in [6.07, 6.45) is 4.47. The number of nitrogens with one attached hydrogen (secondary N) is 1. The maximum atomic E-state index is 12.8. The molecule has 1 saturated carbocycles. The molecule has 1 aromatic carbocycles. The first kappa shape index (κ1) is 17.3. The quantitative estimate of drug-likeness (QED) is 0.851. The first-order valence-corrected chi connectivity index (χ1v) is 8.86. The molecule has 1 amide bonds. The molecule has 2 heterocycles. The zero-order valence-corrected chi connectivity index (χ0v) is 15.1. The normalized spacial score (nSPS) is 32.2. The van der Waals surface area contributed by atoms with Crippen LogP contribution in [0.3, 0.4) is 0 Å². The van der Waals surface area contributed by atoms with Crippen LogP contribution in [-0.4, -0.2) is 36.0 Å². The minimum Gasteiger partial charge on any atom is -0.341 e. The zero-order valence-electron chi connectivity index (χ0n) is 12.8. The Balaban J connectivity index is 0.00000156. The summed E-state index contributed by atoms with van der Waals surface area (Å²) in [4.78, 5) is 14.9. The molecule has 1 aliphatic carbocycles. The highest BCUT2D eigenvalue weighted by atomic mass is 35.5. The first-order chi connectivity index (χ1) is 10.6. The summed E-state index contributed by atoms with van der Waals surface area (Å²) >= 11 is 12.1. The highest BCUT2D eigenvalue weighted by Gasteiger charge is 2.46. The molecule has 126 valence electrons. The number of hydrogen-bond donors (Lipinski definition) is 1. The van der Waals surface area contributed by atoms with Gasteiger partial charge in [-0.3, -0.25) is 4.79 Å². The number of halogens is 3. The predicted molar refractivity (Wildman–Crippen MR) is 95.7 cm³/mol. The summed E-state index contributed by atoms with van der Waals surface area (Å²) in [7, 11) is 0. The van der Waals surface area contributed by atoms with Crippen molar-refractivity contribution in [1.29, 1.82) is 0 Å². The third kappa shape index (κ3) is 3.63. The Labute approximate surface area is 153 Å². The fourth-order valence-corrected chi connectivity index (χ4v) is 4.55. The standard InChI is InChI=1S/C17H20Cl2N2O.ClH/c18-11-5-10(6-12(19)7-11)15-8-16(15)17(22)21-4-3-13-1-2-14(9-21)20-13;/h5-7,13-16,20H,1-4,8-9H2;1H. The lowest BCUT2D eigenvalue weighted by atomic mass is 10.1. The van der Waals surface area contributed by atoms with Crippen LogP contribution in [0.2, 0.25) is 10.0 Å². The number of likely N-dealkylation sites (tertiary alicyclic amines) is 1. The maximum Gasteiger partial charge on any atom is 0.226 e. The largest absolute Gasteiger partial charge is 0.341 e. The van der Waals surface area contributed by atoms with Crippen LogP contribution in [0.5, 0.6) is 0 Å². The minimum absolute atomic E-state index is 0. The van der Waals surface area contributed by atoms with Gasteiger partial charge in [-0.15, -0.1) is 12.4 Å². The minimum atomic E-state index is 0. The monoisotopic (exact) mass is 374 g/mol. The number of carbonyl (C=O) groups is 1. The van der Waals surface area contributed by atoms with Gasteiger partial charge < -0.3 is 10.2 Å². The molecule has 2 bridgehead atoms. The van der Waals surface area contributed by atoms with Gasteiger partial charge in [0.05, 0.1) is 0 Å².